The summed E-state index contributed by atoms with van der Waals surface area (Å²) in [7, 11) is 1.78. The first-order valence-corrected chi connectivity index (χ1v) is 14.6. The summed E-state index contributed by atoms with van der Waals surface area (Å²) in [6.07, 6.45) is 9.74. The highest BCUT2D eigenvalue weighted by molar-refractivity contribution is 8.02. The van der Waals surface area contributed by atoms with Crippen LogP contribution in [0.2, 0.25) is 0 Å². The van der Waals surface area contributed by atoms with E-state index in [4.69, 9.17) is 0 Å². The number of thioether (sulfide) groups is 1. The van der Waals surface area contributed by atoms with Crippen molar-refractivity contribution in [2.75, 3.05) is 26.7 Å². The number of amides is 3. The molecule has 1 spiro atoms. The van der Waals surface area contributed by atoms with Crippen LogP contribution in [0.15, 0.2) is 24.3 Å². The van der Waals surface area contributed by atoms with Gasteiger partial charge in [-0.05, 0) is 31.6 Å². The van der Waals surface area contributed by atoms with Crippen molar-refractivity contribution < 1.29 is 19.5 Å². The molecule has 0 aromatic rings. The first-order valence-electron chi connectivity index (χ1n) is 13.7. The highest BCUT2D eigenvalue weighted by Gasteiger charge is 2.72. The van der Waals surface area contributed by atoms with Crippen LogP contribution < -0.4 is 0 Å². The van der Waals surface area contributed by atoms with Crippen LogP contribution in [0.4, 0.5) is 0 Å². The van der Waals surface area contributed by atoms with E-state index >= 15 is 0 Å². The lowest BCUT2D eigenvalue weighted by Crippen LogP contribution is -2.61. The quantitative estimate of drug-likeness (QED) is 0.532. The summed E-state index contributed by atoms with van der Waals surface area (Å²) in [6.45, 7) is 15.6. The molecule has 0 radical (unpaired) electrons. The van der Waals surface area contributed by atoms with Gasteiger partial charge in [0, 0.05) is 30.9 Å². The summed E-state index contributed by atoms with van der Waals surface area (Å²) >= 11 is 1.60. The molecular formula is C29H45N3O4S. The Kier molecular flexibility index (Phi) is 7.43. The maximum Gasteiger partial charge on any atom is 0.247 e. The van der Waals surface area contributed by atoms with Crippen LogP contribution >= 0.6 is 11.8 Å². The van der Waals surface area contributed by atoms with Crippen LogP contribution in [0.25, 0.3) is 0 Å². The summed E-state index contributed by atoms with van der Waals surface area (Å²) < 4.78 is -0.852. The summed E-state index contributed by atoms with van der Waals surface area (Å²) in [5.41, 5.74) is -0.431. The van der Waals surface area contributed by atoms with Gasteiger partial charge in [0.2, 0.25) is 17.7 Å². The zero-order chi connectivity index (χ0) is 27.5. The van der Waals surface area contributed by atoms with Gasteiger partial charge >= 0.3 is 0 Å². The third kappa shape index (κ3) is 4.56. The van der Waals surface area contributed by atoms with Crippen molar-refractivity contribution in [2.24, 2.45) is 23.2 Å². The predicted octanol–water partition coefficient (Wildman–Crippen LogP) is 3.33. The number of likely N-dealkylation sites (N-methyl/N-ethyl adjacent to an activating group) is 1. The van der Waals surface area contributed by atoms with Gasteiger partial charge in [-0.1, -0.05) is 65.3 Å². The van der Waals surface area contributed by atoms with Gasteiger partial charge in [0.05, 0.1) is 29.2 Å². The van der Waals surface area contributed by atoms with E-state index in [1.54, 1.807) is 28.6 Å². The number of hydrogen-bond donors (Lipinski definition) is 1. The van der Waals surface area contributed by atoms with Gasteiger partial charge in [-0.25, -0.2) is 0 Å². The van der Waals surface area contributed by atoms with E-state index in [1.807, 2.05) is 30.9 Å². The van der Waals surface area contributed by atoms with Crippen LogP contribution in [0.3, 0.4) is 0 Å². The fourth-order valence-corrected chi connectivity index (χ4v) is 9.31. The van der Waals surface area contributed by atoms with Crippen LogP contribution in [-0.2, 0) is 14.4 Å². The minimum absolute atomic E-state index is 0.00661. The lowest BCUT2D eigenvalue weighted by atomic mass is 9.77. The molecule has 0 aliphatic carbocycles. The highest BCUT2D eigenvalue weighted by Crippen LogP contribution is 2.61. The molecule has 1 N–H and O–H groups in total. The largest absolute Gasteiger partial charge is 0.394 e. The number of rotatable bonds is 6. The first kappa shape index (κ1) is 28.2. The minimum Gasteiger partial charge on any atom is -0.394 e. The number of aliphatic hydroxyl groups is 1. The molecule has 206 valence electrons. The molecular weight excluding hydrogens is 486 g/mol. The lowest BCUT2D eigenvalue weighted by Gasteiger charge is -2.46. The third-order valence-corrected chi connectivity index (χ3v) is 10.6. The Morgan fingerprint density at radius 1 is 1.08 bits per heavy atom. The molecule has 0 saturated carbocycles. The van der Waals surface area contributed by atoms with Crippen molar-refractivity contribution in [2.45, 2.75) is 88.9 Å². The molecule has 8 heteroatoms. The molecule has 2 fully saturated rings. The minimum atomic E-state index is -0.852. The second-order valence-electron chi connectivity index (χ2n) is 13.3. The van der Waals surface area contributed by atoms with Gasteiger partial charge in [0.15, 0.2) is 0 Å². The van der Waals surface area contributed by atoms with Gasteiger partial charge < -0.3 is 19.8 Å². The second-order valence-corrected chi connectivity index (χ2v) is 14.8. The number of nitrogens with zero attached hydrogens (tertiary/aromatic N) is 3. The van der Waals surface area contributed by atoms with Gasteiger partial charge in [-0.3, -0.25) is 14.4 Å². The summed E-state index contributed by atoms with van der Waals surface area (Å²) in [6, 6.07) is -1.25. The van der Waals surface area contributed by atoms with Gasteiger partial charge in [-0.2, -0.15) is 0 Å². The van der Waals surface area contributed by atoms with E-state index in [2.05, 4.69) is 46.8 Å². The Labute approximate surface area is 226 Å². The maximum absolute atomic E-state index is 14.7. The highest BCUT2D eigenvalue weighted by atomic mass is 32.2. The Morgan fingerprint density at radius 2 is 1.76 bits per heavy atom. The maximum atomic E-state index is 14.7. The second kappa shape index (κ2) is 9.74. The normalized spacial score (nSPS) is 33.8. The number of aliphatic hydroxyl groups excluding tert-OH is 1. The molecule has 3 amide bonds. The van der Waals surface area contributed by atoms with E-state index in [-0.39, 0.29) is 40.9 Å². The Morgan fingerprint density at radius 3 is 2.35 bits per heavy atom. The van der Waals surface area contributed by atoms with Gasteiger partial charge in [-0.15, -0.1) is 11.8 Å². The summed E-state index contributed by atoms with van der Waals surface area (Å²) in [5.74, 6) is -1.46. The molecule has 7 atom stereocenters. The number of fused-ring (bicyclic) bond motifs is 2. The number of hydrogen-bond acceptors (Lipinski definition) is 5. The Balaban J connectivity index is 1.87. The van der Waals surface area contributed by atoms with E-state index in [0.29, 0.717) is 13.1 Å². The van der Waals surface area contributed by atoms with Gasteiger partial charge in [0.1, 0.15) is 6.04 Å². The van der Waals surface area contributed by atoms with E-state index in [9.17, 15) is 19.5 Å². The van der Waals surface area contributed by atoms with Crippen LogP contribution in [0.1, 0.15) is 61.3 Å². The fourth-order valence-electron chi connectivity index (χ4n) is 7.31. The molecule has 0 aromatic carbocycles. The summed E-state index contributed by atoms with van der Waals surface area (Å²) in [4.78, 5) is 48.0. The van der Waals surface area contributed by atoms with Crippen LogP contribution in [0, 0.1) is 23.2 Å². The molecule has 0 aromatic heterocycles. The molecule has 0 bridgehead atoms. The average Bonchev–Trinajstić information content (AvgIpc) is 3.11. The zero-order valence-electron chi connectivity index (χ0n) is 23.7. The molecule has 2 saturated heterocycles. The van der Waals surface area contributed by atoms with Crippen molar-refractivity contribution in [1.82, 2.24) is 14.7 Å². The molecule has 4 rings (SSSR count). The van der Waals surface area contributed by atoms with Crippen molar-refractivity contribution >= 4 is 29.5 Å². The van der Waals surface area contributed by atoms with E-state index in [1.165, 1.54) is 0 Å². The van der Waals surface area contributed by atoms with E-state index < -0.39 is 34.2 Å². The van der Waals surface area contributed by atoms with Crippen LogP contribution in [-0.4, -0.2) is 91.9 Å². The first-order chi connectivity index (χ1) is 17.2. The number of carbonyl (C=O) groups excluding carboxylic acids is 3. The monoisotopic (exact) mass is 531 g/mol. The molecule has 7 nitrogen and oxygen atoms in total. The zero-order valence-corrected chi connectivity index (χ0v) is 24.5. The van der Waals surface area contributed by atoms with Crippen LogP contribution in [0.5, 0.6) is 0 Å². The molecule has 37 heavy (non-hydrogen) atoms. The fraction of sp³-hybridized carbons (Fsp3) is 0.759. The molecule has 4 heterocycles. The number of carbonyl (C=O) groups is 3. The molecule has 1 unspecified atom stereocenters. The molecule has 4 aliphatic rings. The number of likely N-dealkylation sites (tertiary alicyclic amines) is 1. The summed E-state index contributed by atoms with van der Waals surface area (Å²) in [5, 5.41) is 10.4. The molecule has 4 aliphatic heterocycles. The SMILES string of the molecule is CC[C@H](C)[C@H](CO)N1C(=O)[C@@H]2[C@@H]3C(=O)N(C)CC=C[C@@H]3S[C@@]23C=CCN(C(C)(C)CC(C)(C)C)C(=O)C13. The van der Waals surface area contributed by atoms with Crippen molar-refractivity contribution in [3.63, 3.8) is 0 Å². The van der Waals surface area contributed by atoms with Crippen molar-refractivity contribution in [1.29, 1.82) is 0 Å². The predicted molar refractivity (Wildman–Crippen MR) is 148 cm³/mol. The smallest absolute Gasteiger partial charge is 0.247 e. The average molecular weight is 532 g/mol. The lowest BCUT2D eigenvalue weighted by molar-refractivity contribution is -0.150. The Hall–Kier alpha value is -1.80. The van der Waals surface area contributed by atoms with E-state index in [0.717, 1.165) is 12.8 Å². The topological polar surface area (TPSA) is 81.2 Å². The Bertz CT molecular complexity index is 1000. The third-order valence-electron chi connectivity index (χ3n) is 8.84. The van der Waals surface area contributed by atoms with Gasteiger partial charge in [0.25, 0.3) is 0 Å². The van der Waals surface area contributed by atoms with Crippen molar-refractivity contribution in [3.8, 4) is 0 Å². The standard InChI is InChI=1S/C29H45N3O4S/c1-9-18(2)19(16-33)32-23-26(36)31(28(6,7)17-27(3,4)5)15-11-13-29(23)22(25(32)35)21-20(37-29)12-10-14-30(8)24(21)34/h10-13,18-23,33H,9,14-17H2,1-8H3/t18-,19-,20-,21+,22-,23?,29-/m0/s1. The van der Waals surface area contributed by atoms with Crippen molar-refractivity contribution in [3.05, 3.63) is 24.3 Å².